The summed E-state index contributed by atoms with van der Waals surface area (Å²) in [5, 5.41) is 6.88. The van der Waals surface area contributed by atoms with Crippen LogP contribution < -0.4 is 15.5 Å². The molecule has 5 rings (SSSR count). The Morgan fingerprint density at radius 3 is 2.45 bits per heavy atom. The molecule has 0 spiro atoms. The number of pyridine rings is 1. The molecule has 2 atom stereocenters. The van der Waals surface area contributed by atoms with Crippen LogP contribution in [0.4, 0.5) is 15.8 Å². The summed E-state index contributed by atoms with van der Waals surface area (Å²) in [6.45, 7) is 4.09. The van der Waals surface area contributed by atoms with Crippen LogP contribution in [0, 0.1) is 19.7 Å². The van der Waals surface area contributed by atoms with E-state index in [-0.39, 0.29) is 30.4 Å². The molecule has 7 nitrogen and oxygen atoms in total. The lowest BCUT2D eigenvalue weighted by molar-refractivity contribution is -0.119. The molecule has 38 heavy (non-hydrogen) atoms. The molecule has 0 unspecified atom stereocenters. The van der Waals surface area contributed by atoms with Gasteiger partial charge in [0.2, 0.25) is 5.91 Å². The Balaban J connectivity index is 1.57. The van der Waals surface area contributed by atoms with Crippen LogP contribution in [0.1, 0.15) is 34.7 Å². The number of amides is 1. The van der Waals surface area contributed by atoms with Crippen molar-refractivity contribution in [3.8, 4) is 5.69 Å². The van der Waals surface area contributed by atoms with E-state index in [2.05, 4.69) is 38.1 Å². The lowest BCUT2D eigenvalue weighted by atomic mass is 9.96. The first-order valence-electron chi connectivity index (χ1n) is 12.2. The van der Waals surface area contributed by atoms with Gasteiger partial charge >= 0.3 is 0 Å². The predicted octanol–water partition coefficient (Wildman–Crippen LogP) is 5.39. The monoisotopic (exact) mass is 529 g/mol. The predicted molar refractivity (Wildman–Crippen MR) is 150 cm³/mol. The van der Waals surface area contributed by atoms with Crippen molar-refractivity contribution in [2.75, 3.05) is 23.9 Å². The van der Waals surface area contributed by atoms with Gasteiger partial charge in [-0.1, -0.05) is 6.07 Å². The Morgan fingerprint density at radius 1 is 1.08 bits per heavy atom. The Morgan fingerprint density at radius 2 is 1.79 bits per heavy atom. The number of thiocarbonyl (C=S) groups is 1. The summed E-state index contributed by atoms with van der Waals surface area (Å²) in [7, 11) is 1.48. The number of halogens is 1. The second-order valence-corrected chi connectivity index (χ2v) is 9.55. The van der Waals surface area contributed by atoms with Crippen LogP contribution >= 0.6 is 12.2 Å². The first-order valence-corrected chi connectivity index (χ1v) is 12.6. The number of aromatic nitrogens is 2. The number of nitrogens with zero attached hydrogens (tertiary/aromatic N) is 3. The van der Waals surface area contributed by atoms with Crippen molar-refractivity contribution in [3.63, 3.8) is 0 Å². The standard InChI is InChI=1S/C29H28FN5O2S/c1-18-16-24(19(2)34(18)22-11-7-20(30)8-12-22)28-27(25-6-4-5-15-31-25)33-29(38)35(28)23-13-9-21(10-14-23)32-26(36)17-37-3/h4-16,27-28H,17H2,1-3H3,(H,32,36)(H,33,38)/t27-,28+/m1/s1. The maximum atomic E-state index is 13.6. The van der Waals surface area contributed by atoms with E-state index in [0.717, 1.165) is 34.0 Å². The lowest BCUT2D eigenvalue weighted by Gasteiger charge is -2.28. The number of carbonyl (C=O) groups excluding carboxylic acids is 1. The van der Waals surface area contributed by atoms with Crippen molar-refractivity contribution >= 4 is 34.6 Å². The van der Waals surface area contributed by atoms with E-state index >= 15 is 0 Å². The van der Waals surface area contributed by atoms with E-state index in [4.69, 9.17) is 17.0 Å². The molecule has 1 aliphatic heterocycles. The third-order valence-electron chi connectivity index (χ3n) is 6.68. The third-order valence-corrected chi connectivity index (χ3v) is 6.99. The van der Waals surface area contributed by atoms with E-state index in [1.807, 2.05) is 49.4 Å². The number of hydrogen-bond donors (Lipinski definition) is 2. The van der Waals surface area contributed by atoms with Gasteiger partial charge in [-0.15, -0.1) is 0 Å². The number of anilines is 2. The molecule has 0 bridgehead atoms. The first-order chi connectivity index (χ1) is 18.4. The zero-order chi connectivity index (χ0) is 26.8. The minimum Gasteiger partial charge on any atom is -0.375 e. The fraction of sp³-hybridized carbons (Fsp3) is 0.207. The fourth-order valence-corrected chi connectivity index (χ4v) is 5.40. The molecule has 1 amide bonds. The summed E-state index contributed by atoms with van der Waals surface area (Å²) in [5.74, 6) is -0.495. The van der Waals surface area contributed by atoms with Gasteiger partial charge in [-0.25, -0.2) is 4.39 Å². The van der Waals surface area contributed by atoms with Crippen LogP contribution in [-0.4, -0.2) is 34.3 Å². The van der Waals surface area contributed by atoms with Crippen LogP contribution in [0.25, 0.3) is 5.69 Å². The van der Waals surface area contributed by atoms with E-state index in [0.29, 0.717) is 10.8 Å². The second-order valence-electron chi connectivity index (χ2n) is 9.16. The number of methoxy groups -OCH3 is 1. The van der Waals surface area contributed by atoms with Gasteiger partial charge in [-0.05, 0) is 98.4 Å². The Kier molecular flexibility index (Phi) is 7.22. The highest BCUT2D eigenvalue weighted by atomic mass is 32.1. The highest BCUT2D eigenvalue weighted by molar-refractivity contribution is 7.80. The lowest BCUT2D eigenvalue weighted by Crippen LogP contribution is -2.29. The number of aryl methyl sites for hydroxylation is 1. The van der Waals surface area contributed by atoms with Crippen molar-refractivity contribution in [3.05, 3.63) is 107 Å². The first kappa shape index (κ1) is 25.6. The van der Waals surface area contributed by atoms with E-state index < -0.39 is 0 Å². The summed E-state index contributed by atoms with van der Waals surface area (Å²) in [4.78, 5) is 18.7. The van der Waals surface area contributed by atoms with Gasteiger partial charge in [-0.2, -0.15) is 0 Å². The normalized spacial score (nSPS) is 16.9. The third kappa shape index (κ3) is 4.90. The average Bonchev–Trinajstić information content (AvgIpc) is 3.41. The maximum Gasteiger partial charge on any atom is 0.250 e. The van der Waals surface area contributed by atoms with Crippen molar-refractivity contribution in [2.45, 2.75) is 25.9 Å². The molecule has 1 saturated heterocycles. The van der Waals surface area contributed by atoms with Gasteiger partial charge in [0.15, 0.2) is 5.11 Å². The number of rotatable bonds is 7. The number of carbonyl (C=O) groups is 1. The molecular weight excluding hydrogens is 501 g/mol. The van der Waals surface area contributed by atoms with E-state index in [1.165, 1.54) is 19.2 Å². The second kappa shape index (κ2) is 10.7. The van der Waals surface area contributed by atoms with Gasteiger partial charge in [0, 0.05) is 41.8 Å². The zero-order valence-electron chi connectivity index (χ0n) is 21.3. The van der Waals surface area contributed by atoms with E-state index in [1.54, 1.807) is 18.3 Å². The fourth-order valence-electron chi connectivity index (χ4n) is 5.06. The summed E-state index contributed by atoms with van der Waals surface area (Å²) in [6, 6.07) is 21.6. The summed E-state index contributed by atoms with van der Waals surface area (Å²) in [6.07, 6.45) is 1.78. The van der Waals surface area contributed by atoms with Crippen LogP contribution in [0.5, 0.6) is 0 Å². The number of ether oxygens (including phenoxy) is 1. The molecule has 194 valence electrons. The number of benzene rings is 2. The Bertz CT molecular complexity index is 1460. The van der Waals surface area contributed by atoms with Crippen LogP contribution in [0.3, 0.4) is 0 Å². The van der Waals surface area contributed by atoms with Gasteiger partial charge in [0.05, 0.1) is 17.8 Å². The SMILES string of the molecule is COCC(=O)Nc1ccc(N2C(=S)N[C@H](c3ccccn3)[C@@H]2c2cc(C)n(-c3ccc(F)cc3)c2C)cc1. The van der Waals surface area contributed by atoms with Crippen molar-refractivity contribution < 1.29 is 13.9 Å². The summed E-state index contributed by atoms with van der Waals surface area (Å²) in [5.41, 5.74) is 6.43. The summed E-state index contributed by atoms with van der Waals surface area (Å²) < 4.78 is 20.7. The van der Waals surface area contributed by atoms with Gasteiger partial charge in [-0.3, -0.25) is 9.78 Å². The van der Waals surface area contributed by atoms with Gasteiger partial charge in [0.1, 0.15) is 12.4 Å². The minimum absolute atomic E-state index is 0.0145. The topological polar surface area (TPSA) is 71.4 Å². The highest BCUT2D eigenvalue weighted by Gasteiger charge is 2.42. The minimum atomic E-state index is -0.273. The zero-order valence-corrected chi connectivity index (χ0v) is 22.1. The molecule has 4 aromatic rings. The quantitative estimate of drug-likeness (QED) is 0.313. The van der Waals surface area contributed by atoms with Crippen LogP contribution in [0.15, 0.2) is 79.0 Å². The molecule has 2 N–H and O–H groups in total. The number of hydrogen-bond acceptors (Lipinski definition) is 4. The van der Waals surface area contributed by atoms with Crippen LogP contribution in [-0.2, 0) is 9.53 Å². The maximum absolute atomic E-state index is 13.6. The molecule has 3 heterocycles. The molecule has 1 fully saturated rings. The molecule has 1 aliphatic rings. The van der Waals surface area contributed by atoms with Crippen molar-refractivity contribution in [2.24, 2.45) is 0 Å². The highest BCUT2D eigenvalue weighted by Crippen LogP contribution is 2.43. The molecule has 0 saturated carbocycles. The molecule has 2 aromatic carbocycles. The molecular formula is C29H28FN5O2S. The van der Waals surface area contributed by atoms with Gasteiger partial charge < -0.3 is 24.8 Å². The smallest absolute Gasteiger partial charge is 0.250 e. The number of nitrogens with one attached hydrogen (secondary N) is 2. The van der Waals surface area contributed by atoms with Crippen molar-refractivity contribution in [1.82, 2.24) is 14.9 Å². The molecule has 2 aromatic heterocycles. The summed E-state index contributed by atoms with van der Waals surface area (Å²) >= 11 is 5.86. The Labute approximate surface area is 226 Å². The van der Waals surface area contributed by atoms with E-state index in [9.17, 15) is 9.18 Å². The molecule has 0 aliphatic carbocycles. The van der Waals surface area contributed by atoms with Crippen LogP contribution in [0.2, 0.25) is 0 Å². The average molecular weight is 530 g/mol. The molecule has 0 radical (unpaired) electrons. The largest absolute Gasteiger partial charge is 0.375 e. The van der Waals surface area contributed by atoms with Gasteiger partial charge in [0.25, 0.3) is 0 Å². The van der Waals surface area contributed by atoms with Crippen molar-refractivity contribution in [1.29, 1.82) is 0 Å². The Hall–Kier alpha value is -4.08. The molecule has 9 heteroatoms.